The van der Waals surface area contributed by atoms with Crippen LogP contribution in [0, 0.1) is 6.92 Å². The Labute approximate surface area is 118 Å². The Kier molecular flexibility index (Phi) is 4.25. The average Bonchev–Trinajstić information content (AvgIpc) is 2.46. The lowest BCUT2D eigenvalue weighted by atomic mass is 10.1. The summed E-state index contributed by atoms with van der Waals surface area (Å²) in [5, 5.41) is 3.34. The van der Waals surface area contributed by atoms with Crippen molar-refractivity contribution in [2.24, 2.45) is 5.73 Å². The Morgan fingerprint density at radius 3 is 2.70 bits per heavy atom. The molecule has 2 aromatic carbocycles. The Bertz CT molecular complexity index is 624. The molecule has 0 aliphatic carbocycles. The van der Waals surface area contributed by atoms with Gasteiger partial charge in [0, 0.05) is 17.8 Å². The van der Waals surface area contributed by atoms with Crippen molar-refractivity contribution in [2.75, 3.05) is 12.4 Å². The van der Waals surface area contributed by atoms with Crippen LogP contribution in [0.4, 0.5) is 5.69 Å². The molecule has 0 saturated heterocycles. The van der Waals surface area contributed by atoms with E-state index in [1.165, 1.54) is 0 Å². The molecule has 104 valence electrons. The number of anilines is 1. The summed E-state index contributed by atoms with van der Waals surface area (Å²) in [6.07, 6.45) is 0. The summed E-state index contributed by atoms with van der Waals surface area (Å²) < 4.78 is 5.19. The summed E-state index contributed by atoms with van der Waals surface area (Å²) in [6.45, 7) is 2.63. The fourth-order valence-corrected chi connectivity index (χ4v) is 1.99. The third-order valence-electron chi connectivity index (χ3n) is 3.13. The highest BCUT2D eigenvalue weighted by Crippen LogP contribution is 2.18. The van der Waals surface area contributed by atoms with Gasteiger partial charge in [-0.1, -0.05) is 12.1 Å². The molecule has 0 unspecified atom stereocenters. The van der Waals surface area contributed by atoms with Gasteiger partial charge in [-0.25, -0.2) is 0 Å². The van der Waals surface area contributed by atoms with Gasteiger partial charge in [0.1, 0.15) is 5.75 Å². The minimum atomic E-state index is -0.410. The molecule has 0 aliphatic rings. The highest BCUT2D eigenvalue weighted by molar-refractivity contribution is 5.93. The molecule has 2 aromatic rings. The molecule has 4 nitrogen and oxygen atoms in total. The second-order valence-electron chi connectivity index (χ2n) is 4.60. The van der Waals surface area contributed by atoms with E-state index in [9.17, 15) is 4.79 Å². The maximum atomic E-state index is 11.1. The minimum absolute atomic E-state index is 0.410. The Hall–Kier alpha value is -2.49. The quantitative estimate of drug-likeness (QED) is 0.878. The number of carbonyl (C=O) groups is 1. The largest absolute Gasteiger partial charge is 0.497 e. The van der Waals surface area contributed by atoms with Crippen LogP contribution in [-0.2, 0) is 6.54 Å². The summed E-state index contributed by atoms with van der Waals surface area (Å²) >= 11 is 0. The summed E-state index contributed by atoms with van der Waals surface area (Å²) in [6, 6.07) is 13.3. The van der Waals surface area contributed by atoms with Crippen LogP contribution in [0.5, 0.6) is 5.75 Å². The van der Waals surface area contributed by atoms with E-state index in [2.05, 4.69) is 5.32 Å². The first kappa shape index (κ1) is 13.9. The average molecular weight is 270 g/mol. The molecule has 0 spiro atoms. The van der Waals surface area contributed by atoms with Gasteiger partial charge in [-0.15, -0.1) is 0 Å². The summed E-state index contributed by atoms with van der Waals surface area (Å²) in [4.78, 5) is 11.1. The van der Waals surface area contributed by atoms with Crippen molar-refractivity contribution in [2.45, 2.75) is 13.5 Å². The van der Waals surface area contributed by atoms with Gasteiger partial charge < -0.3 is 15.8 Å². The van der Waals surface area contributed by atoms with Crippen LogP contribution in [0.1, 0.15) is 21.5 Å². The lowest BCUT2D eigenvalue weighted by Crippen LogP contribution is -2.11. The molecule has 0 heterocycles. The number of methoxy groups -OCH3 is 1. The van der Waals surface area contributed by atoms with E-state index in [4.69, 9.17) is 10.5 Å². The number of rotatable bonds is 5. The second kappa shape index (κ2) is 6.10. The number of nitrogens with one attached hydrogen (secondary N) is 1. The van der Waals surface area contributed by atoms with E-state index in [1.54, 1.807) is 19.2 Å². The number of ether oxygens (including phenoxy) is 1. The predicted octanol–water partition coefficient (Wildman–Crippen LogP) is 2.71. The van der Waals surface area contributed by atoms with E-state index < -0.39 is 5.91 Å². The van der Waals surface area contributed by atoms with Crippen molar-refractivity contribution in [1.29, 1.82) is 0 Å². The number of primary amides is 1. The predicted molar refractivity (Wildman–Crippen MR) is 80.0 cm³/mol. The number of aryl methyl sites for hydroxylation is 1. The molecule has 0 saturated carbocycles. The zero-order valence-electron chi connectivity index (χ0n) is 11.6. The van der Waals surface area contributed by atoms with Gasteiger partial charge in [0.2, 0.25) is 5.91 Å². The topological polar surface area (TPSA) is 64.3 Å². The monoisotopic (exact) mass is 270 g/mol. The normalized spacial score (nSPS) is 10.1. The van der Waals surface area contributed by atoms with Gasteiger partial charge in [-0.2, -0.15) is 0 Å². The Balaban J connectivity index is 2.08. The Morgan fingerprint density at radius 2 is 2.05 bits per heavy atom. The van der Waals surface area contributed by atoms with Crippen molar-refractivity contribution >= 4 is 11.6 Å². The molecule has 0 atom stereocenters. The van der Waals surface area contributed by atoms with E-state index in [-0.39, 0.29) is 0 Å². The van der Waals surface area contributed by atoms with Crippen LogP contribution < -0.4 is 15.8 Å². The van der Waals surface area contributed by atoms with Crippen LogP contribution in [-0.4, -0.2) is 13.0 Å². The molecule has 0 aliphatic heterocycles. The Morgan fingerprint density at radius 1 is 1.25 bits per heavy atom. The molecule has 0 aromatic heterocycles. The third kappa shape index (κ3) is 3.29. The van der Waals surface area contributed by atoms with Crippen molar-refractivity contribution in [3.8, 4) is 5.75 Å². The first-order chi connectivity index (χ1) is 9.60. The standard InChI is InChI=1S/C16H18N2O2/c1-11-8-13(16(17)19)6-7-15(11)18-10-12-4-3-5-14(9-12)20-2/h3-9,18H,10H2,1-2H3,(H2,17,19). The molecule has 0 bridgehead atoms. The van der Waals surface area contributed by atoms with Crippen molar-refractivity contribution in [3.05, 3.63) is 59.2 Å². The van der Waals surface area contributed by atoms with E-state index in [1.807, 2.05) is 37.3 Å². The van der Waals surface area contributed by atoms with Gasteiger partial charge in [-0.05, 0) is 48.4 Å². The van der Waals surface area contributed by atoms with Gasteiger partial charge >= 0.3 is 0 Å². The maximum Gasteiger partial charge on any atom is 0.248 e. The van der Waals surface area contributed by atoms with Crippen LogP contribution in [0.2, 0.25) is 0 Å². The maximum absolute atomic E-state index is 11.1. The fraction of sp³-hybridized carbons (Fsp3) is 0.188. The molecule has 1 amide bonds. The lowest BCUT2D eigenvalue weighted by Gasteiger charge is -2.11. The van der Waals surface area contributed by atoms with Gasteiger partial charge in [0.15, 0.2) is 0 Å². The zero-order valence-corrected chi connectivity index (χ0v) is 11.6. The number of amides is 1. The number of hydrogen-bond acceptors (Lipinski definition) is 3. The van der Waals surface area contributed by atoms with Crippen LogP contribution in [0.25, 0.3) is 0 Å². The highest BCUT2D eigenvalue weighted by atomic mass is 16.5. The minimum Gasteiger partial charge on any atom is -0.497 e. The molecule has 3 N–H and O–H groups in total. The van der Waals surface area contributed by atoms with Crippen molar-refractivity contribution < 1.29 is 9.53 Å². The van der Waals surface area contributed by atoms with E-state index >= 15 is 0 Å². The molecule has 0 radical (unpaired) electrons. The van der Waals surface area contributed by atoms with Gasteiger partial charge in [-0.3, -0.25) is 4.79 Å². The van der Waals surface area contributed by atoms with Crippen LogP contribution in [0.15, 0.2) is 42.5 Å². The van der Waals surface area contributed by atoms with E-state index in [0.717, 1.165) is 22.6 Å². The van der Waals surface area contributed by atoms with Gasteiger partial charge in [0.05, 0.1) is 7.11 Å². The third-order valence-corrected chi connectivity index (χ3v) is 3.13. The van der Waals surface area contributed by atoms with Crippen molar-refractivity contribution in [1.82, 2.24) is 0 Å². The number of benzene rings is 2. The number of carbonyl (C=O) groups excluding carboxylic acids is 1. The molecule has 2 rings (SSSR count). The summed E-state index contributed by atoms with van der Waals surface area (Å²) in [7, 11) is 1.65. The fourth-order valence-electron chi connectivity index (χ4n) is 1.99. The number of nitrogens with two attached hydrogens (primary N) is 1. The SMILES string of the molecule is COc1cccc(CNc2ccc(C(N)=O)cc2C)c1. The highest BCUT2D eigenvalue weighted by Gasteiger charge is 2.04. The zero-order chi connectivity index (χ0) is 14.5. The molecular weight excluding hydrogens is 252 g/mol. The second-order valence-corrected chi connectivity index (χ2v) is 4.60. The van der Waals surface area contributed by atoms with Crippen LogP contribution >= 0.6 is 0 Å². The van der Waals surface area contributed by atoms with Gasteiger partial charge in [0.25, 0.3) is 0 Å². The van der Waals surface area contributed by atoms with Crippen LogP contribution in [0.3, 0.4) is 0 Å². The van der Waals surface area contributed by atoms with Crippen molar-refractivity contribution in [3.63, 3.8) is 0 Å². The first-order valence-corrected chi connectivity index (χ1v) is 6.37. The first-order valence-electron chi connectivity index (χ1n) is 6.37. The lowest BCUT2D eigenvalue weighted by molar-refractivity contribution is 0.1000. The summed E-state index contributed by atoms with van der Waals surface area (Å²) in [5.74, 6) is 0.428. The molecule has 0 fully saturated rings. The number of hydrogen-bond donors (Lipinski definition) is 2. The molecule has 4 heteroatoms. The molecular formula is C16H18N2O2. The van der Waals surface area contributed by atoms with E-state index in [0.29, 0.717) is 12.1 Å². The summed E-state index contributed by atoms with van der Waals surface area (Å²) in [5.41, 5.74) is 8.88. The molecule has 20 heavy (non-hydrogen) atoms. The smallest absolute Gasteiger partial charge is 0.248 e.